The van der Waals surface area contributed by atoms with Crippen molar-refractivity contribution in [1.29, 1.82) is 0 Å². The van der Waals surface area contributed by atoms with E-state index in [-0.39, 0.29) is 0 Å². The highest BCUT2D eigenvalue weighted by Crippen LogP contribution is 2.21. The van der Waals surface area contributed by atoms with Crippen molar-refractivity contribution < 1.29 is 0 Å². The van der Waals surface area contributed by atoms with Crippen molar-refractivity contribution in [3.05, 3.63) is 141 Å². The lowest BCUT2D eigenvalue weighted by atomic mass is 9.92. The highest BCUT2D eigenvalue weighted by atomic mass is 14.1. The van der Waals surface area contributed by atoms with Gasteiger partial charge in [-0.25, -0.2) is 0 Å². The van der Waals surface area contributed by atoms with E-state index in [9.17, 15) is 0 Å². The summed E-state index contributed by atoms with van der Waals surface area (Å²) >= 11 is 0. The molecule has 0 heteroatoms. The third-order valence-corrected chi connectivity index (χ3v) is 7.64. The summed E-state index contributed by atoms with van der Waals surface area (Å²) in [6.07, 6.45) is 12.0. The molecule has 0 amide bonds. The molecule has 4 rings (SSSR count). The molecular weight excluding hydrogens is 444 g/mol. The molecule has 0 saturated carbocycles. The van der Waals surface area contributed by atoms with E-state index < -0.39 is 0 Å². The Kier molecular flexibility index (Phi) is 10.2. The van der Waals surface area contributed by atoms with E-state index >= 15 is 0 Å². The zero-order chi connectivity index (χ0) is 25.9. The van der Waals surface area contributed by atoms with Gasteiger partial charge in [0.25, 0.3) is 0 Å². The predicted octanol–water partition coefficient (Wildman–Crippen LogP) is 9.53. The van der Waals surface area contributed by atoms with Gasteiger partial charge in [-0.05, 0) is 118 Å². The molecule has 0 saturated heterocycles. The zero-order valence-electron chi connectivity index (χ0n) is 23.2. The largest absolute Gasteiger partial charge is 0.0591 e. The Balaban J connectivity index is 1.34. The van der Waals surface area contributed by atoms with Gasteiger partial charge in [0.05, 0.1) is 0 Å². The molecule has 4 aromatic rings. The highest BCUT2D eigenvalue weighted by molar-refractivity contribution is 5.33. The second kappa shape index (κ2) is 14.0. The smallest absolute Gasteiger partial charge is 0.0273 e. The van der Waals surface area contributed by atoms with Crippen LogP contribution in [0.4, 0.5) is 0 Å². The maximum Gasteiger partial charge on any atom is -0.0273 e. The molecule has 0 spiro atoms. The molecule has 0 aromatic heterocycles. The Bertz CT molecular complexity index is 1210. The minimum Gasteiger partial charge on any atom is -0.0591 e. The van der Waals surface area contributed by atoms with Crippen molar-refractivity contribution >= 4 is 0 Å². The van der Waals surface area contributed by atoms with Crippen molar-refractivity contribution in [2.75, 3.05) is 0 Å². The fourth-order valence-corrected chi connectivity index (χ4v) is 5.20. The van der Waals surface area contributed by atoms with Crippen LogP contribution in [-0.2, 0) is 38.5 Å². The fraction of sp³-hybridized carbons (Fsp3) is 0.351. The van der Waals surface area contributed by atoms with Gasteiger partial charge < -0.3 is 0 Å². The number of aryl methyl sites for hydroxylation is 9. The van der Waals surface area contributed by atoms with Crippen LogP contribution >= 0.6 is 0 Å². The normalized spacial score (nSPS) is 11.1. The van der Waals surface area contributed by atoms with Crippen LogP contribution < -0.4 is 0 Å². The van der Waals surface area contributed by atoms with Gasteiger partial charge in [0, 0.05) is 0 Å². The lowest BCUT2D eigenvalue weighted by molar-refractivity contribution is 0.722. The van der Waals surface area contributed by atoms with Gasteiger partial charge in [-0.3, -0.25) is 0 Å². The van der Waals surface area contributed by atoms with E-state index in [1.807, 2.05) is 0 Å². The molecule has 192 valence electrons. The standard InChI is InChI=1S/C37H44/c1-29-14-20-32(21-15-29)8-4-5-12-36-27-26-35(11-6-9-33-22-16-30(2)17-23-33)28-37(36)13-7-10-34-24-18-31(3)19-25-34/h14-28H,4-13H2,1-3H3. The Morgan fingerprint density at radius 2 is 0.676 bits per heavy atom. The molecule has 0 unspecified atom stereocenters. The van der Waals surface area contributed by atoms with E-state index in [1.165, 1.54) is 83.9 Å². The summed E-state index contributed by atoms with van der Waals surface area (Å²) in [7, 11) is 0. The quantitative estimate of drug-likeness (QED) is 0.164. The molecule has 0 fully saturated rings. The van der Waals surface area contributed by atoms with Crippen molar-refractivity contribution in [3.63, 3.8) is 0 Å². The molecule has 0 N–H and O–H groups in total. The average molecular weight is 489 g/mol. The van der Waals surface area contributed by atoms with Gasteiger partial charge in [0.1, 0.15) is 0 Å². The number of hydrogen-bond acceptors (Lipinski definition) is 0. The minimum absolute atomic E-state index is 1.16. The Morgan fingerprint density at radius 3 is 1.19 bits per heavy atom. The molecule has 0 radical (unpaired) electrons. The summed E-state index contributed by atoms with van der Waals surface area (Å²) in [6.45, 7) is 6.49. The van der Waals surface area contributed by atoms with Gasteiger partial charge in [0.2, 0.25) is 0 Å². The van der Waals surface area contributed by atoms with Crippen molar-refractivity contribution in [3.8, 4) is 0 Å². The van der Waals surface area contributed by atoms with Crippen molar-refractivity contribution in [2.45, 2.75) is 85.0 Å². The number of rotatable bonds is 13. The van der Waals surface area contributed by atoms with Crippen molar-refractivity contribution in [2.24, 2.45) is 0 Å². The summed E-state index contributed by atoms with van der Waals surface area (Å²) in [5.74, 6) is 0. The van der Waals surface area contributed by atoms with Crippen molar-refractivity contribution in [1.82, 2.24) is 0 Å². The molecule has 0 atom stereocenters. The average Bonchev–Trinajstić information content (AvgIpc) is 2.91. The minimum atomic E-state index is 1.16. The second-order valence-electron chi connectivity index (χ2n) is 11.0. The summed E-state index contributed by atoms with van der Waals surface area (Å²) in [6, 6.07) is 34.5. The second-order valence-corrected chi connectivity index (χ2v) is 11.0. The lowest BCUT2D eigenvalue weighted by Crippen LogP contribution is -2.00. The van der Waals surface area contributed by atoms with E-state index in [4.69, 9.17) is 0 Å². The molecule has 37 heavy (non-hydrogen) atoms. The van der Waals surface area contributed by atoms with Crippen LogP contribution in [-0.4, -0.2) is 0 Å². The number of benzene rings is 4. The van der Waals surface area contributed by atoms with Gasteiger partial charge in [0.15, 0.2) is 0 Å². The number of unbranched alkanes of at least 4 members (excludes halogenated alkanes) is 1. The first kappa shape index (κ1) is 26.9. The Morgan fingerprint density at radius 1 is 0.324 bits per heavy atom. The molecule has 4 aromatic carbocycles. The van der Waals surface area contributed by atoms with Crippen LogP contribution in [0.2, 0.25) is 0 Å². The van der Waals surface area contributed by atoms with Crippen LogP contribution in [0.25, 0.3) is 0 Å². The van der Waals surface area contributed by atoms with E-state index in [1.54, 1.807) is 11.1 Å². The summed E-state index contributed by atoms with van der Waals surface area (Å²) in [5, 5.41) is 0. The summed E-state index contributed by atoms with van der Waals surface area (Å²) in [5.41, 5.74) is 13.1. The Hall–Kier alpha value is -3.12. The molecular formula is C37H44. The molecule has 0 aliphatic rings. The summed E-state index contributed by atoms with van der Waals surface area (Å²) in [4.78, 5) is 0. The first-order valence-corrected chi connectivity index (χ1v) is 14.3. The lowest BCUT2D eigenvalue weighted by Gasteiger charge is -2.13. The van der Waals surface area contributed by atoms with Gasteiger partial charge in [-0.2, -0.15) is 0 Å². The highest BCUT2D eigenvalue weighted by Gasteiger charge is 2.07. The van der Waals surface area contributed by atoms with E-state index in [0.717, 1.165) is 19.3 Å². The molecule has 0 bridgehead atoms. The van der Waals surface area contributed by atoms with Crippen LogP contribution in [0, 0.1) is 20.8 Å². The summed E-state index contributed by atoms with van der Waals surface area (Å²) < 4.78 is 0. The molecule has 0 aliphatic carbocycles. The molecule has 0 aliphatic heterocycles. The van der Waals surface area contributed by atoms with Gasteiger partial charge in [-0.1, -0.05) is 108 Å². The van der Waals surface area contributed by atoms with Crippen LogP contribution in [0.15, 0.2) is 91.0 Å². The monoisotopic (exact) mass is 488 g/mol. The van der Waals surface area contributed by atoms with Gasteiger partial charge >= 0.3 is 0 Å². The third kappa shape index (κ3) is 9.04. The number of hydrogen-bond donors (Lipinski definition) is 0. The first-order chi connectivity index (χ1) is 18.0. The van der Waals surface area contributed by atoms with E-state index in [2.05, 4.69) is 112 Å². The predicted molar refractivity (Wildman–Crippen MR) is 161 cm³/mol. The van der Waals surface area contributed by atoms with Crippen LogP contribution in [0.1, 0.15) is 75.8 Å². The first-order valence-electron chi connectivity index (χ1n) is 14.3. The maximum atomic E-state index is 2.53. The molecule has 0 heterocycles. The topological polar surface area (TPSA) is 0 Å². The SMILES string of the molecule is Cc1ccc(CCCCc2ccc(CCCc3ccc(C)cc3)cc2CCCc2ccc(C)cc2)cc1. The molecule has 0 nitrogen and oxygen atoms in total. The Labute approximate surface area is 225 Å². The zero-order valence-corrected chi connectivity index (χ0v) is 23.2. The van der Waals surface area contributed by atoms with E-state index in [0.29, 0.717) is 0 Å². The van der Waals surface area contributed by atoms with Crippen LogP contribution in [0.5, 0.6) is 0 Å². The van der Waals surface area contributed by atoms with Gasteiger partial charge in [-0.15, -0.1) is 0 Å². The third-order valence-electron chi connectivity index (χ3n) is 7.64. The van der Waals surface area contributed by atoms with Crippen LogP contribution in [0.3, 0.4) is 0 Å². The fourth-order valence-electron chi connectivity index (χ4n) is 5.20. The maximum absolute atomic E-state index is 2.53.